The van der Waals surface area contributed by atoms with Gasteiger partial charge in [-0.1, -0.05) is 42.5 Å². The average molecular weight is 401 g/mol. The first-order valence-corrected chi connectivity index (χ1v) is 10.9. The van der Waals surface area contributed by atoms with E-state index in [1.165, 1.54) is 11.1 Å². The van der Waals surface area contributed by atoms with Gasteiger partial charge in [-0.05, 0) is 43.0 Å². The lowest BCUT2D eigenvalue weighted by atomic mass is 10.1. The van der Waals surface area contributed by atoms with Crippen molar-refractivity contribution in [3.8, 4) is 0 Å². The molecule has 2 fully saturated rings. The molecule has 1 N–H and O–H groups in total. The third-order valence-corrected chi connectivity index (χ3v) is 6.21. The molecule has 2 aliphatic rings. The fraction of sp³-hybridized carbons (Fsp3) is 0.360. The summed E-state index contributed by atoms with van der Waals surface area (Å²) in [6.07, 6.45) is 2.18. The van der Waals surface area contributed by atoms with E-state index in [0.29, 0.717) is 6.04 Å². The van der Waals surface area contributed by atoms with Crippen molar-refractivity contribution in [1.29, 1.82) is 0 Å². The zero-order chi connectivity index (χ0) is 20.5. The Hall–Kier alpha value is -2.92. The highest BCUT2D eigenvalue weighted by molar-refractivity contribution is 6.07. The Morgan fingerprint density at radius 3 is 2.53 bits per heavy atom. The normalized spacial score (nSPS) is 17.3. The van der Waals surface area contributed by atoms with Crippen LogP contribution < -0.4 is 10.2 Å². The van der Waals surface area contributed by atoms with E-state index in [1.54, 1.807) is 0 Å². The molecular formula is C25H28N4O. The molecule has 1 aliphatic carbocycles. The average Bonchev–Trinajstić information content (AvgIpc) is 3.59. The SMILES string of the molecule is Cc1ccccc1CN1CCN(c2cc(C(=O)NC3CC3)c3ccccc3n2)CC1. The fourth-order valence-electron chi connectivity index (χ4n) is 4.17. The molecule has 2 aromatic carbocycles. The molecule has 1 aromatic heterocycles. The topological polar surface area (TPSA) is 48.5 Å². The van der Waals surface area contributed by atoms with Crippen LogP contribution in [0.25, 0.3) is 10.9 Å². The summed E-state index contributed by atoms with van der Waals surface area (Å²) in [5, 5.41) is 4.07. The second-order valence-corrected chi connectivity index (χ2v) is 8.48. The van der Waals surface area contributed by atoms with Crippen molar-refractivity contribution in [3.05, 3.63) is 71.3 Å². The number of benzene rings is 2. The third-order valence-electron chi connectivity index (χ3n) is 6.21. The van der Waals surface area contributed by atoms with Crippen molar-refractivity contribution in [3.63, 3.8) is 0 Å². The van der Waals surface area contributed by atoms with Crippen LogP contribution in [0.1, 0.15) is 34.3 Å². The van der Waals surface area contributed by atoms with Gasteiger partial charge in [0.1, 0.15) is 5.82 Å². The Kier molecular flexibility index (Phi) is 5.13. The van der Waals surface area contributed by atoms with E-state index in [0.717, 1.165) is 67.8 Å². The van der Waals surface area contributed by atoms with Gasteiger partial charge in [-0.2, -0.15) is 0 Å². The molecule has 5 nitrogen and oxygen atoms in total. The molecule has 30 heavy (non-hydrogen) atoms. The molecule has 0 atom stereocenters. The summed E-state index contributed by atoms with van der Waals surface area (Å²) >= 11 is 0. The Morgan fingerprint density at radius 2 is 1.77 bits per heavy atom. The number of aryl methyl sites for hydroxylation is 1. The minimum Gasteiger partial charge on any atom is -0.354 e. The highest BCUT2D eigenvalue weighted by atomic mass is 16.1. The molecule has 1 saturated carbocycles. The summed E-state index contributed by atoms with van der Waals surface area (Å²) in [5.41, 5.74) is 4.37. The van der Waals surface area contributed by atoms with Crippen LogP contribution in [0.5, 0.6) is 0 Å². The van der Waals surface area contributed by atoms with Crippen molar-refractivity contribution in [2.24, 2.45) is 0 Å². The first kappa shape index (κ1) is 19.1. The van der Waals surface area contributed by atoms with Crippen molar-refractivity contribution in [2.45, 2.75) is 32.4 Å². The van der Waals surface area contributed by atoms with E-state index in [9.17, 15) is 4.79 Å². The van der Waals surface area contributed by atoms with E-state index in [1.807, 2.05) is 30.3 Å². The first-order valence-electron chi connectivity index (χ1n) is 10.9. The van der Waals surface area contributed by atoms with Crippen LogP contribution in [0.2, 0.25) is 0 Å². The number of pyridine rings is 1. The number of nitrogens with one attached hydrogen (secondary N) is 1. The number of anilines is 1. The van der Waals surface area contributed by atoms with Crippen LogP contribution >= 0.6 is 0 Å². The van der Waals surface area contributed by atoms with Crippen LogP contribution in [0.15, 0.2) is 54.6 Å². The smallest absolute Gasteiger partial charge is 0.252 e. The highest BCUT2D eigenvalue weighted by Gasteiger charge is 2.26. The molecule has 1 saturated heterocycles. The summed E-state index contributed by atoms with van der Waals surface area (Å²) < 4.78 is 0. The van der Waals surface area contributed by atoms with Gasteiger partial charge in [0.2, 0.25) is 0 Å². The number of carbonyl (C=O) groups is 1. The van der Waals surface area contributed by atoms with Crippen molar-refractivity contribution in [2.75, 3.05) is 31.1 Å². The minimum atomic E-state index is 0.0236. The predicted octanol–water partition coefficient (Wildman–Crippen LogP) is 3.76. The number of rotatable bonds is 5. The van der Waals surface area contributed by atoms with Gasteiger partial charge < -0.3 is 10.2 Å². The van der Waals surface area contributed by atoms with Gasteiger partial charge >= 0.3 is 0 Å². The zero-order valence-corrected chi connectivity index (χ0v) is 17.5. The number of hydrogen-bond acceptors (Lipinski definition) is 4. The van der Waals surface area contributed by atoms with Gasteiger partial charge in [0.05, 0.1) is 11.1 Å². The van der Waals surface area contributed by atoms with Crippen molar-refractivity contribution < 1.29 is 4.79 Å². The first-order chi connectivity index (χ1) is 14.7. The molecule has 1 aliphatic heterocycles. The Balaban J connectivity index is 1.34. The van der Waals surface area contributed by atoms with E-state index >= 15 is 0 Å². The summed E-state index contributed by atoms with van der Waals surface area (Å²) in [6, 6.07) is 18.9. The largest absolute Gasteiger partial charge is 0.354 e. The molecule has 5 rings (SSSR count). The Bertz CT molecular complexity index is 1070. The molecule has 3 aromatic rings. The molecule has 1 amide bonds. The van der Waals surface area contributed by atoms with E-state index in [4.69, 9.17) is 4.98 Å². The fourth-order valence-corrected chi connectivity index (χ4v) is 4.17. The van der Waals surface area contributed by atoms with Gasteiger partial charge in [-0.3, -0.25) is 9.69 Å². The van der Waals surface area contributed by atoms with E-state index in [2.05, 4.69) is 46.3 Å². The Morgan fingerprint density at radius 1 is 1.03 bits per heavy atom. The third kappa shape index (κ3) is 4.03. The van der Waals surface area contributed by atoms with Crippen LogP contribution in [-0.2, 0) is 6.54 Å². The number of piperazine rings is 1. The molecule has 5 heteroatoms. The van der Waals surface area contributed by atoms with Crippen molar-refractivity contribution in [1.82, 2.24) is 15.2 Å². The Labute approximate surface area is 177 Å². The van der Waals surface area contributed by atoms with Crippen LogP contribution in [0, 0.1) is 6.92 Å². The van der Waals surface area contributed by atoms with Crippen LogP contribution in [0.3, 0.4) is 0 Å². The maximum Gasteiger partial charge on any atom is 0.252 e. The quantitative estimate of drug-likeness (QED) is 0.709. The number of nitrogens with zero attached hydrogens (tertiary/aromatic N) is 3. The summed E-state index contributed by atoms with van der Waals surface area (Å²) in [6.45, 7) is 6.99. The summed E-state index contributed by atoms with van der Waals surface area (Å²) in [5.74, 6) is 0.931. The molecule has 2 heterocycles. The standard InChI is InChI=1S/C25H28N4O/c1-18-6-2-3-7-19(18)17-28-12-14-29(15-13-28)24-16-22(25(30)26-20-10-11-20)21-8-4-5-9-23(21)27-24/h2-9,16,20H,10-15,17H2,1H3,(H,26,30). The number of para-hydroxylation sites is 1. The lowest BCUT2D eigenvalue weighted by molar-refractivity contribution is 0.0952. The van der Waals surface area contributed by atoms with E-state index in [-0.39, 0.29) is 5.91 Å². The van der Waals surface area contributed by atoms with E-state index < -0.39 is 0 Å². The number of hydrogen-bond donors (Lipinski definition) is 1. The van der Waals surface area contributed by atoms with Gasteiger partial charge in [0, 0.05) is 44.2 Å². The second-order valence-electron chi connectivity index (χ2n) is 8.48. The lowest BCUT2D eigenvalue weighted by Crippen LogP contribution is -2.46. The van der Waals surface area contributed by atoms with Gasteiger partial charge in [-0.25, -0.2) is 4.98 Å². The lowest BCUT2D eigenvalue weighted by Gasteiger charge is -2.36. The maximum atomic E-state index is 12.9. The monoisotopic (exact) mass is 400 g/mol. The van der Waals surface area contributed by atoms with Gasteiger partial charge in [0.25, 0.3) is 5.91 Å². The number of aromatic nitrogens is 1. The van der Waals surface area contributed by atoms with Gasteiger partial charge in [-0.15, -0.1) is 0 Å². The predicted molar refractivity (Wildman–Crippen MR) is 121 cm³/mol. The maximum absolute atomic E-state index is 12.9. The van der Waals surface area contributed by atoms with Crippen LogP contribution in [-0.4, -0.2) is 48.0 Å². The van der Waals surface area contributed by atoms with Gasteiger partial charge in [0.15, 0.2) is 0 Å². The molecule has 0 unspecified atom stereocenters. The second kappa shape index (κ2) is 8.07. The zero-order valence-electron chi connectivity index (χ0n) is 17.5. The summed E-state index contributed by atoms with van der Waals surface area (Å²) in [7, 11) is 0. The molecule has 0 bridgehead atoms. The minimum absolute atomic E-state index is 0.0236. The summed E-state index contributed by atoms with van der Waals surface area (Å²) in [4.78, 5) is 22.6. The molecule has 0 spiro atoms. The van der Waals surface area contributed by atoms with Crippen LogP contribution in [0.4, 0.5) is 5.82 Å². The number of carbonyl (C=O) groups excluding carboxylic acids is 1. The number of fused-ring (bicyclic) bond motifs is 1. The number of amides is 1. The van der Waals surface area contributed by atoms with Crippen molar-refractivity contribution >= 4 is 22.6 Å². The highest BCUT2D eigenvalue weighted by Crippen LogP contribution is 2.26. The molecular weight excluding hydrogens is 372 g/mol. The molecule has 0 radical (unpaired) electrons. The molecule has 154 valence electrons.